The van der Waals surface area contributed by atoms with Crippen LogP contribution in [0.25, 0.3) is 0 Å². The van der Waals surface area contributed by atoms with Crippen molar-refractivity contribution in [2.24, 2.45) is 0 Å². The van der Waals surface area contributed by atoms with Crippen LogP contribution in [0.2, 0.25) is 0 Å². The van der Waals surface area contributed by atoms with Gasteiger partial charge in [0.05, 0.1) is 29.0 Å². The average Bonchev–Trinajstić information content (AvgIpc) is 2.83. The summed E-state index contributed by atoms with van der Waals surface area (Å²) in [7, 11) is 0. The third kappa shape index (κ3) is 3.98. The Hall–Kier alpha value is -1.07. The average molecular weight is 354 g/mol. The summed E-state index contributed by atoms with van der Waals surface area (Å²) in [6, 6.07) is 2.10. The molecule has 5 heteroatoms. The summed E-state index contributed by atoms with van der Waals surface area (Å²) in [4.78, 5) is 0. The van der Waals surface area contributed by atoms with Crippen LogP contribution in [-0.4, -0.2) is 15.3 Å². The summed E-state index contributed by atoms with van der Waals surface area (Å²) in [6.07, 6.45) is 0. The minimum atomic E-state index is 0.0833. The van der Waals surface area contributed by atoms with Gasteiger partial charge < -0.3 is 9.73 Å². The lowest BCUT2D eigenvalue weighted by molar-refractivity contribution is 0.372. The van der Waals surface area contributed by atoms with E-state index in [-0.39, 0.29) is 5.54 Å². The van der Waals surface area contributed by atoms with Crippen molar-refractivity contribution in [3.8, 4) is 0 Å². The number of nitrogens with one attached hydrogen (secondary N) is 1. The van der Waals surface area contributed by atoms with E-state index in [0.29, 0.717) is 6.54 Å². The van der Waals surface area contributed by atoms with Gasteiger partial charge in [0.1, 0.15) is 11.5 Å². The molecule has 2 aromatic heterocycles. The number of rotatable bonds is 4. The fourth-order valence-corrected chi connectivity index (χ4v) is 2.45. The number of hydrogen-bond donors (Lipinski definition) is 1. The van der Waals surface area contributed by atoms with E-state index in [1.807, 2.05) is 11.6 Å². The number of nitrogens with zero attached hydrogens (tertiary/aromatic N) is 2. The number of aryl methyl sites for hydroxylation is 2. The predicted octanol–water partition coefficient (Wildman–Crippen LogP) is 4.10. The van der Waals surface area contributed by atoms with Gasteiger partial charge in [-0.05, 0) is 69.1 Å². The summed E-state index contributed by atoms with van der Waals surface area (Å²) in [5.41, 5.74) is 3.39. The highest BCUT2D eigenvalue weighted by Gasteiger charge is 2.15. The van der Waals surface area contributed by atoms with Crippen LogP contribution in [0.4, 0.5) is 0 Å². The van der Waals surface area contributed by atoms with Crippen LogP contribution in [-0.2, 0) is 13.1 Å². The first-order chi connectivity index (χ1) is 9.67. The van der Waals surface area contributed by atoms with Gasteiger partial charge in [-0.15, -0.1) is 0 Å². The second-order valence-electron chi connectivity index (χ2n) is 6.56. The van der Waals surface area contributed by atoms with E-state index >= 15 is 0 Å². The normalized spacial score (nSPS) is 12.1. The van der Waals surface area contributed by atoms with E-state index < -0.39 is 0 Å². The highest BCUT2D eigenvalue weighted by atomic mass is 79.9. The van der Waals surface area contributed by atoms with Gasteiger partial charge in [-0.3, -0.25) is 4.68 Å². The zero-order valence-electron chi connectivity index (χ0n) is 13.7. The molecule has 0 saturated carbocycles. The third-order valence-electron chi connectivity index (χ3n) is 3.45. The molecule has 0 radical (unpaired) electrons. The van der Waals surface area contributed by atoms with Crippen LogP contribution in [0.3, 0.4) is 0 Å². The first-order valence-corrected chi connectivity index (χ1v) is 7.99. The molecule has 0 aliphatic carbocycles. The molecule has 0 unspecified atom stereocenters. The fraction of sp³-hybridized carbons (Fsp3) is 0.562. The molecule has 0 bridgehead atoms. The summed E-state index contributed by atoms with van der Waals surface area (Å²) in [5.74, 6) is 1.94. The van der Waals surface area contributed by atoms with E-state index in [4.69, 9.17) is 4.42 Å². The Labute approximate surface area is 135 Å². The number of aromatic nitrogens is 2. The van der Waals surface area contributed by atoms with Gasteiger partial charge >= 0.3 is 0 Å². The Morgan fingerprint density at radius 2 is 1.95 bits per heavy atom. The van der Waals surface area contributed by atoms with Crippen LogP contribution in [0.15, 0.2) is 15.0 Å². The van der Waals surface area contributed by atoms with Crippen molar-refractivity contribution in [2.75, 3.05) is 0 Å². The lowest BCUT2D eigenvalue weighted by Crippen LogP contribution is -2.35. The van der Waals surface area contributed by atoms with Crippen molar-refractivity contribution in [3.63, 3.8) is 0 Å². The lowest BCUT2D eigenvalue weighted by Gasteiger charge is -2.19. The smallest absolute Gasteiger partial charge is 0.126 e. The molecule has 21 heavy (non-hydrogen) atoms. The minimum absolute atomic E-state index is 0.0833. The van der Waals surface area contributed by atoms with Crippen molar-refractivity contribution in [2.45, 2.75) is 60.2 Å². The predicted molar refractivity (Wildman–Crippen MR) is 88.5 cm³/mol. The van der Waals surface area contributed by atoms with E-state index in [1.165, 1.54) is 5.56 Å². The van der Waals surface area contributed by atoms with E-state index in [0.717, 1.165) is 33.9 Å². The molecule has 0 atom stereocenters. The quantitative estimate of drug-likeness (QED) is 0.899. The molecule has 1 N–H and O–H groups in total. The van der Waals surface area contributed by atoms with Crippen LogP contribution < -0.4 is 5.32 Å². The van der Waals surface area contributed by atoms with Gasteiger partial charge in [-0.2, -0.15) is 5.10 Å². The van der Waals surface area contributed by atoms with Crippen molar-refractivity contribution in [1.29, 1.82) is 0 Å². The topological polar surface area (TPSA) is 43.0 Å². The number of halogens is 1. The maximum atomic E-state index is 5.98. The van der Waals surface area contributed by atoms with Gasteiger partial charge in [0.15, 0.2) is 0 Å². The summed E-state index contributed by atoms with van der Waals surface area (Å²) >= 11 is 3.56. The molecule has 0 spiro atoms. The molecule has 0 aliphatic rings. The van der Waals surface area contributed by atoms with Crippen LogP contribution in [0, 0.1) is 20.8 Å². The van der Waals surface area contributed by atoms with E-state index in [2.05, 4.69) is 67.0 Å². The van der Waals surface area contributed by atoms with Crippen molar-refractivity contribution in [1.82, 2.24) is 15.1 Å². The molecular formula is C16H24BrN3O. The van der Waals surface area contributed by atoms with Crippen molar-refractivity contribution >= 4 is 15.9 Å². The van der Waals surface area contributed by atoms with Crippen molar-refractivity contribution in [3.05, 3.63) is 39.0 Å². The van der Waals surface area contributed by atoms with Crippen LogP contribution in [0.1, 0.15) is 49.2 Å². The molecule has 0 aromatic carbocycles. The van der Waals surface area contributed by atoms with Gasteiger partial charge in [-0.1, -0.05) is 0 Å². The largest absolute Gasteiger partial charge is 0.462 e. The summed E-state index contributed by atoms with van der Waals surface area (Å²) in [6.45, 7) is 14.0. The van der Waals surface area contributed by atoms with Gasteiger partial charge in [0.2, 0.25) is 0 Å². The van der Waals surface area contributed by atoms with E-state index in [1.54, 1.807) is 0 Å². The van der Waals surface area contributed by atoms with Gasteiger partial charge in [-0.25, -0.2) is 0 Å². The third-order valence-corrected chi connectivity index (χ3v) is 4.60. The standard InChI is InChI=1S/C16H24BrN3O/c1-10-7-13(21-14(10)8-18-16(4,5)6)9-20-12(3)15(17)11(2)19-20/h7,18H,8-9H2,1-6H3. The molecule has 4 nitrogen and oxygen atoms in total. The molecule has 2 aromatic rings. The molecule has 2 rings (SSSR count). The Balaban J connectivity index is 2.13. The molecule has 0 aliphatic heterocycles. The molecule has 116 valence electrons. The van der Waals surface area contributed by atoms with Gasteiger partial charge in [0, 0.05) is 5.54 Å². The van der Waals surface area contributed by atoms with Crippen LogP contribution in [0.5, 0.6) is 0 Å². The monoisotopic (exact) mass is 353 g/mol. The fourth-order valence-electron chi connectivity index (χ4n) is 2.17. The first kappa shape index (κ1) is 16.3. The molecular weight excluding hydrogens is 330 g/mol. The second kappa shape index (κ2) is 5.97. The number of furan rings is 1. The summed E-state index contributed by atoms with van der Waals surface area (Å²) < 4.78 is 9.02. The van der Waals surface area contributed by atoms with Crippen LogP contribution >= 0.6 is 15.9 Å². The number of hydrogen-bond acceptors (Lipinski definition) is 3. The molecule has 0 saturated heterocycles. The molecule has 2 heterocycles. The van der Waals surface area contributed by atoms with E-state index in [9.17, 15) is 0 Å². The summed E-state index contributed by atoms with van der Waals surface area (Å²) in [5, 5.41) is 7.98. The Morgan fingerprint density at radius 1 is 1.29 bits per heavy atom. The van der Waals surface area contributed by atoms with Gasteiger partial charge in [0.25, 0.3) is 0 Å². The Bertz CT molecular complexity index is 635. The highest BCUT2D eigenvalue weighted by Crippen LogP contribution is 2.22. The first-order valence-electron chi connectivity index (χ1n) is 7.20. The highest BCUT2D eigenvalue weighted by molar-refractivity contribution is 9.10. The molecule has 0 fully saturated rings. The Kier molecular flexibility index (Phi) is 4.63. The minimum Gasteiger partial charge on any atom is -0.462 e. The zero-order chi connectivity index (χ0) is 15.8. The Morgan fingerprint density at radius 3 is 2.48 bits per heavy atom. The molecule has 0 amide bonds. The SMILES string of the molecule is Cc1cc(Cn2nc(C)c(Br)c2C)oc1CNC(C)(C)C. The maximum Gasteiger partial charge on any atom is 0.126 e. The lowest BCUT2D eigenvalue weighted by atomic mass is 10.1. The second-order valence-corrected chi connectivity index (χ2v) is 7.36. The van der Waals surface area contributed by atoms with Crippen molar-refractivity contribution < 1.29 is 4.42 Å². The maximum absolute atomic E-state index is 5.98. The zero-order valence-corrected chi connectivity index (χ0v) is 15.3.